The second kappa shape index (κ2) is 6.04. The number of anilines is 1. The largest absolute Gasteiger partial charge is 0.368 e. The Kier molecular flexibility index (Phi) is 4.65. The number of nitrogens with two attached hydrogens (primary N) is 1. The van der Waals surface area contributed by atoms with Crippen LogP contribution in [0.4, 0.5) is 5.69 Å². The second-order valence-corrected chi connectivity index (χ2v) is 6.87. The minimum Gasteiger partial charge on any atom is -0.368 e. The van der Waals surface area contributed by atoms with E-state index in [1.807, 2.05) is 19.1 Å². The molecule has 3 nitrogen and oxygen atoms in total. The molecule has 1 atom stereocenters. The third-order valence-corrected chi connectivity index (χ3v) is 4.69. The molecule has 0 bridgehead atoms. The van der Waals surface area contributed by atoms with Crippen LogP contribution in [0.5, 0.6) is 0 Å². The Labute approximate surface area is 116 Å². The van der Waals surface area contributed by atoms with Crippen molar-refractivity contribution in [3.05, 3.63) is 28.8 Å². The average Bonchev–Trinajstić information content (AvgIpc) is 2.30. The van der Waals surface area contributed by atoms with Gasteiger partial charge in [-0.1, -0.05) is 23.7 Å². The summed E-state index contributed by atoms with van der Waals surface area (Å²) in [6.45, 7) is 3.61. The van der Waals surface area contributed by atoms with Gasteiger partial charge in [-0.2, -0.15) is 0 Å². The normalized spacial score (nSPS) is 18.9. The highest BCUT2D eigenvalue weighted by molar-refractivity contribution is 7.85. The van der Waals surface area contributed by atoms with Gasteiger partial charge >= 0.3 is 0 Å². The zero-order chi connectivity index (χ0) is 13.1. The number of hydrogen-bond donors (Lipinski definition) is 1. The molecular weight excluding hydrogens is 268 g/mol. The minimum absolute atomic E-state index is 0.112. The Morgan fingerprint density at radius 3 is 2.72 bits per heavy atom. The molecule has 100 valence electrons. The van der Waals surface area contributed by atoms with Crippen LogP contribution in [0.25, 0.3) is 0 Å². The summed E-state index contributed by atoms with van der Waals surface area (Å²) in [5.41, 5.74) is 8.15. The van der Waals surface area contributed by atoms with Crippen molar-refractivity contribution in [1.82, 2.24) is 0 Å². The van der Waals surface area contributed by atoms with Crippen LogP contribution in [0.15, 0.2) is 18.2 Å². The van der Waals surface area contributed by atoms with Crippen LogP contribution < -0.4 is 10.6 Å². The molecule has 0 radical (unpaired) electrons. The molecule has 0 saturated carbocycles. The summed E-state index contributed by atoms with van der Waals surface area (Å²) < 4.78 is 11.4. The summed E-state index contributed by atoms with van der Waals surface area (Å²) in [4.78, 5) is 2.24. The van der Waals surface area contributed by atoms with Gasteiger partial charge in [0.05, 0.1) is 10.7 Å². The van der Waals surface area contributed by atoms with E-state index in [4.69, 9.17) is 17.3 Å². The topological polar surface area (TPSA) is 46.3 Å². The van der Waals surface area contributed by atoms with Crippen LogP contribution in [-0.4, -0.2) is 34.8 Å². The van der Waals surface area contributed by atoms with Crippen LogP contribution in [0.3, 0.4) is 0 Å². The van der Waals surface area contributed by atoms with Gasteiger partial charge in [0, 0.05) is 41.4 Å². The van der Waals surface area contributed by atoms with Crippen molar-refractivity contribution < 1.29 is 4.21 Å². The van der Waals surface area contributed by atoms with Crippen LogP contribution in [-0.2, 0) is 17.2 Å². The molecule has 1 heterocycles. The number of nitrogens with zero attached hydrogens (tertiary/aromatic N) is 1. The lowest BCUT2D eigenvalue weighted by Crippen LogP contribution is -2.38. The molecule has 1 aromatic rings. The van der Waals surface area contributed by atoms with Gasteiger partial charge < -0.3 is 10.6 Å². The number of halogens is 1. The van der Waals surface area contributed by atoms with Crippen molar-refractivity contribution in [3.63, 3.8) is 0 Å². The molecule has 2 rings (SSSR count). The number of benzene rings is 1. The molecule has 1 fully saturated rings. The SMILES string of the molecule is CC(N)Cc1cccc(Cl)c1N1CCS(=O)CC1. The average molecular weight is 287 g/mol. The van der Waals surface area contributed by atoms with Crippen molar-refractivity contribution in [3.8, 4) is 0 Å². The Morgan fingerprint density at radius 1 is 1.44 bits per heavy atom. The first-order chi connectivity index (χ1) is 8.58. The van der Waals surface area contributed by atoms with Crippen molar-refractivity contribution in [2.75, 3.05) is 29.5 Å². The van der Waals surface area contributed by atoms with E-state index in [2.05, 4.69) is 11.0 Å². The summed E-state index contributed by atoms with van der Waals surface area (Å²) in [6.07, 6.45) is 0.815. The maximum Gasteiger partial charge on any atom is 0.0642 e. The van der Waals surface area contributed by atoms with E-state index >= 15 is 0 Å². The lowest BCUT2D eigenvalue weighted by Gasteiger charge is -2.31. The Morgan fingerprint density at radius 2 is 2.11 bits per heavy atom. The fraction of sp³-hybridized carbons (Fsp3) is 0.538. The smallest absolute Gasteiger partial charge is 0.0642 e. The van der Waals surface area contributed by atoms with Crippen molar-refractivity contribution in [2.24, 2.45) is 5.73 Å². The van der Waals surface area contributed by atoms with Gasteiger partial charge in [-0.25, -0.2) is 0 Å². The van der Waals surface area contributed by atoms with Gasteiger partial charge in [-0.05, 0) is 25.0 Å². The predicted molar refractivity (Wildman–Crippen MR) is 78.9 cm³/mol. The lowest BCUT2D eigenvalue weighted by molar-refractivity contribution is 0.672. The zero-order valence-electron chi connectivity index (χ0n) is 10.6. The Balaban J connectivity index is 2.27. The maximum atomic E-state index is 11.4. The maximum absolute atomic E-state index is 11.4. The van der Waals surface area contributed by atoms with E-state index in [9.17, 15) is 4.21 Å². The Bertz CT molecular complexity index is 441. The monoisotopic (exact) mass is 286 g/mol. The highest BCUT2D eigenvalue weighted by Crippen LogP contribution is 2.31. The van der Waals surface area contributed by atoms with Crippen LogP contribution in [0, 0.1) is 0 Å². The first-order valence-corrected chi connectivity index (χ1v) is 8.07. The van der Waals surface area contributed by atoms with Crippen molar-refractivity contribution >= 4 is 28.1 Å². The van der Waals surface area contributed by atoms with Gasteiger partial charge in [0.25, 0.3) is 0 Å². The van der Waals surface area contributed by atoms with Crippen LogP contribution in [0.2, 0.25) is 5.02 Å². The zero-order valence-corrected chi connectivity index (χ0v) is 12.1. The third-order valence-electron chi connectivity index (χ3n) is 3.11. The van der Waals surface area contributed by atoms with E-state index in [-0.39, 0.29) is 6.04 Å². The van der Waals surface area contributed by atoms with Gasteiger partial charge in [0.15, 0.2) is 0 Å². The molecule has 0 amide bonds. The molecule has 1 aliphatic heterocycles. The van der Waals surface area contributed by atoms with Crippen molar-refractivity contribution in [1.29, 1.82) is 0 Å². The van der Waals surface area contributed by atoms with E-state index in [0.717, 1.165) is 41.7 Å². The molecule has 1 unspecified atom stereocenters. The van der Waals surface area contributed by atoms with Gasteiger partial charge in [-0.15, -0.1) is 0 Å². The summed E-state index contributed by atoms with van der Waals surface area (Å²) in [7, 11) is -0.668. The minimum atomic E-state index is -0.668. The molecular formula is C13H19ClN2OS. The Hall–Kier alpha value is -0.580. The highest BCUT2D eigenvalue weighted by atomic mass is 35.5. The molecule has 0 spiro atoms. The summed E-state index contributed by atoms with van der Waals surface area (Å²) in [5.74, 6) is 1.45. The molecule has 2 N–H and O–H groups in total. The second-order valence-electron chi connectivity index (χ2n) is 4.76. The molecule has 0 aromatic heterocycles. The number of hydrogen-bond acceptors (Lipinski definition) is 3. The van der Waals surface area contributed by atoms with Gasteiger partial charge in [0.2, 0.25) is 0 Å². The standard InChI is InChI=1S/C13H19ClN2OS/c1-10(15)9-11-3-2-4-12(14)13(11)16-5-7-18(17)8-6-16/h2-4,10H,5-9,15H2,1H3. The van der Waals surface area contributed by atoms with Gasteiger partial charge in [-0.3, -0.25) is 4.21 Å². The summed E-state index contributed by atoms with van der Waals surface area (Å²) in [6, 6.07) is 6.07. The molecule has 18 heavy (non-hydrogen) atoms. The molecule has 5 heteroatoms. The fourth-order valence-electron chi connectivity index (χ4n) is 2.29. The molecule has 1 aliphatic rings. The van der Waals surface area contributed by atoms with E-state index < -0.39 is 10.8 Å². The first-order valence-electron chi connectivity index (χ1n) is 6.21. The van der Waals surface area contributed by atoms with Crippen molar-refractivity contribution in [2.45, 2.75) is 19.4 Å². The number of rotatable bonds is 3. The molecule has 1 aromatic carbocycles. The third kappa shape index (κ3) is 3.25. The lowest BCUT2D eigenvalue weighted by atomic mass is 10.0. The number of para-hydroxylation sites is 1. The first kappa shape index (κ1) is 13.8. The summed E-state index contributed by atoms with van der Waals surface area (Å²) >= 11 is 6.32. The van der Waals surface area contributed by atoms with E-state index in [0.29, 0.717) is 0 Å². The van der Waals surface area contributed by atoms with E-state index in [1.165, 1.54) is 5.56 Å². The van der Waals surface area contributed by atoms with Crippen LogP contribution >= 0.6 is 11.6 Å². The fourth-order valence-corrected chi connectivity index (χ4v) is 3.65. The predicted octanol–water partition coefficient (Wildman–Crippen LogP) is 1.80. The summed E-state index contributed by atoms with van der Waals surface area (Å²) in [5, 5.41) is 0.765. The van der Waals surface area contributed by atoms with Gasteiger partial charge in [0.1, 0.15) is 0 Å². The quantitative estimate of drug-likeness (QED) is 0.922. The van der Waals surface area contributed by atoms with E-state index in [1.54, 1.807) is 0 Å². The molecule has 1 saturated heterocycles. The van der Waals surface area contributed by atoms with Crippen LogP contribution in [0.1, 0.15) is 12.5 Å². The molecule has 0 aliphatic carbocycles. The highest BCUT2D eigenvalue weighted by Gasteiger charge is 2.20.